The number of thioether (sulfide) groups is 1. The van der Waals surface area contributed by atoms with E-state index in [0.717, 1.165) is 23.1 Å². The van der Waals surface area contributed by atoms with E-state index < -0.39 is 0 Å². The van der Waals surface area contributed by atoms with Crippen molar-refractivity contribution in [3.05, 3.63) is 29.8 Å². The van der Waals surface area contributed by atoms with Gasteiger partial charge in [0, 0.05) is 25.0 Å². The third-order valence-electron chi connectivity index (χ3n) is 2.26. The third kappa shape index (κ3) is 3.45. The first-order valence-corrected chi connectivity index (χ1v) is 6.40. The van der Waals surface area contributed by atoms with Gasteiger partial charge in [0.2, 0.25) is 5.16 Å². The normalized spacial score (nSPS) is 10.5. The van der Waals surface area contributed by atoms with Crippen molar-refractivity contribution in [3.8, 4) is 0 Å². The molecule has 1 heterocycles. The van der Waals surface area contributed by atoms with Crippen molar-refractivity contribution in [3.63, 3.8) is 0 Å². The van der Waals surface area contributed by atoms with Gasteiger partial charge in [0.1, 0.15) is 0 Å². The zero-order chi connectivity index (χ0) is 12.1. The molecule has 90 valence electrons. The Balaban J connectivity index is 1.75. The summed E-state index contributed by atoms with van der Waals surface area (Å²) in [5.74, 6) is 0.933. The van der Waals surface area contributed by atoms with Gasteiger partial charge in [-0.1, -0.05) is 23.9 Å². The second-order valence-electron chi connectivity index (χ2n) is 3.73. The number of hydrogen-bond acceptors (Lipinski definition) is 5. The number of benzene rings is 1. The Labute approximate surface area is 105 Å². The number of tetrazole rings is 1. The van der Waals surface area contributed by atoms with Crippen molar-refractivity contribution in [2.45, 2.75) is 12.1 Å². The molecular formula is C11H15N5S. The fourth-order valence-electron chi connectivity index (χ4n) is 1.44. The number of nitrogens with one attached hydrogen (secondary N) is 1. The minimum Gasteiger partial charge on any atom is -0.384 e. The van der Waals surface area contributed by atoms with Crippen LogP contribution in [0.15, 0.2) is 29.4 Å². The summed E-state index contributed by atoms with van der Waals surface area (Å²) in [6.07, 6.45) is 0. The molecule has 17 heavy (non-hydrogen) atoms. The van der Waals surface area contributed by atoms with Crippen LogP contribution in [-0.2, 0) is 7.05 Å². The van der Waals surface area contributed by atoms with Crippen molar-refractivity contribution in [1.82, 2.24) is 20.2 Å². The van der Waals surface area contributed by atoms with Crippen LogP contribution in [0.2, 0.25) is 0 Å². The van der Waals surface area contributed by atoms with E-state index in [4.69, 9.17) is 0 Å². The second kappa shape index (κ2) is 5.67. The maximum atomic E-state index is 3.91. The Morgan fingerprint density at radius 2 is 2.29 bits per heavy atom. The molecule has 0 atom stereocenters. The number of hydrogen-bond donors (Lipinski definition) is 1. The summed E-state index contributed by atoms with van der Waals surface area (Å²) in [5.41, 5.74) is 2.42. The highest BCUT2D eigenvalue weighted by atomic mass is 32.2. The fourth-order valence-corrected chi connectivity index (χ4v) is 2.14. The van der Waals surface area contributed by atoms with Gasteiger partial charge in [-0.05, 0) is 35.0 Å². The quantitative estimate of drug-likeness (QED) is 0.646. The van der Waals surface area contributed by atoms with Crippen LogP contribution in [0, 0.1) is 6.92 Å². The smallest absolute Gasteiger partial charge is 0.209 e. The maximum absolute atomic E-state index is 3.91. The van der Waals surface area contributed by atoms with Gasteiger partial charge in [0.15, 0.2) is 0 Å². The Morgan fingerprint density at radius 1 is 1.41 bits per heavy atom. The minimum atomic E-state index is 0.844. The largest absolute Gasteiger partial charge is 0.384 e. The first-order valence-electron chi connectivity index (χ1n) is 5.41. The molecule has 0 spiro atoms. The third-order valence-corrected chi connectivity index (χ3v) is 3.27. The molecule has 0 radical (unpaired) electrons. The van der Waals surface area contributed by atoms with Crippen molar-refractivity contribution in [2.24, 2.45) is 7.05 Å². The molecule has 2 rings (SSSR count). The highest BCUT2D eigenvalue weighted by Crippen LogP contribution is 2.13. The van der Waals surface area contributed by atoms with E-state index in [1.165, 1.54) is 5.56 Å². The lowest BCUT2D eigenvalue weighted by molar-refractivity contribution is 0.664. The number of rotatable bonds is 5. The molecule has 0 aliphatic carbocycles. The van der Waals surface area contributed by atoms with E-state index in [2.05, 4.69) is 52.0 Å². The Kier molecular flexibility index (Phi) is 3.98. The molecule has 5 nitrogen and oxygen atoms in total. The molecule has 0 saturated heterocycles. The lowest BCUT2D eigenvalue weighted by atomic mass is 10.2. The van der Waals surface area contributed by atoms with E-state index in [1.807, 2.05) is 7.05 Å². The van der Waals surface area contributed by atoms with Gasteiger partial charge in [-0.2, -0.15) is 0 Å². The first-order chi connectivity index (χ1) is 8.25. The standard InChI is InChI=1S/C11H15N5S/c1-9-4-3-5-10(8-9)12-6-7-17-11-13-14-15-16(11)2/h3-5,8,12H,6-7H2,1-2H3. The second-order valence-corrected chi connectivity index (χ2v) is 4.79. The highest BCUT2D eigenvalue weighted by Gasteiger charge is 2.01. The van der Waals surface area contributed by atoms with E-state index in [1.54, 1.807) is 16.4 Å². The summed E-state index contributed by atoms with van der Waals surface area (Å²) in [6.45, 7) is 2.98. The lowest BCUT2D eigenvalue weighted by Gasteiger charge is -2.06. The van der Waals surface area contributed by atoms with E-state index in [0.29, 0.717) is 0 Å². The van der Waals surface area contributed by atoms with Crippen LogP contribution in [0.5, 0.6) is 0 Å². The monoisotopic (exact) mass is 249 g/mol. The summed E-state index contributed by atoms with van der Waals surface area (Å²) < 4.78 is 1.68. The lowest BCUT2D eigenvalue weighted by Crippen LogP contribution is -2.05. The molecule has 0 aliphatic rings. The van der Waals surface area contributed by atoms with Gasteiger partial charge in [0.25, 0.3) is 0 Å². The number of aryl methyl sites for hydroxylation is 2. The molecule has 0 aliphatic heterocycles. The van der Waals surface area contributed by atoms with E-state index >= 15 is 0 Å². The summed E-state index contributed by atoms with van der Waals surface area (Å²) in [7, 11) is 1.84. The molecule has 1 aromatic heterocycles. The van der Waals surface area contributed by atoms with Gasteiger partial charge in [0.05, 0.1) is 0 Å². The molecular weight excluding hydrogens is 234 g/mol. The van der Waals surface area contributed by atoms with Crippen LogP contribution < -0.4 is 5.32 Å². The maximum Gasteiger partial charge on any atom is 0.209 e. The molecule has 1 aromatic carbocycles. The molecule has 0 bridgehead atoms. The Hall–Kier alpha value is -1.56. The summed E-state index contributed by atoms with van der Waals surface area (Å²) >= 11 is 1.64. The molecule has 0 saturated carbocycles. The van der Waals surface area contributed by atoms with Crippen LogP contribution in [0.25, 0.3) is 0 Å². The van der Waals surface area contributed by atoms with Crippen molar-refractivity contribution in [1.29, 1.82) is 0 Å². The number of anilines is 1. The predicted octanol–water partition coefficient (Wildman–Crippen LogP) is 1.72. The molecule has 2 aromatic rings. The van der Waals surface area contributed by atoms with Gasteiger partial charge in [-0.25, -0.2) is 4.68 Å². The van der Waals surface area contributed by atoms with Crippen LogP contribution >= 0.6 is 11.8 Å². The number of aromatic nitrogens is 4. The Morgan fingerprint density at radius 3 is 3.00 bits per heavy atom. The van der Waals surface area contributed by atoms with Crippen LogP contribution in [0.1, 0.15) is 5.56 Å². The molecule has 6 heteroatoms. The summed E-state index contributed by atoms with van der Waals surface area (Å²) in [6, 6.07) is 8.35. The van der Waals surface area contributed by atoms with Crippen molar-refractivity contribution >= 4 is 17.4 Å². The minimum absolute atomic E-state index is 0.844. The summed E-state index contributed by atoms with van der Waals surface area (Å²) in [4.78, 5) is 0. The highest BCUT2D eigenvalue weighted by molar-refractivity contribution is 7.99. The van der Waals surface area contributed by atoms with Gasteiger partial charge < -0.3 is 5.32 Å². The van der Waals surface area contributed by atoms with Crippen molar-refractivity contribution < 1.29 is 0 Å². The SMILES string of the molecule is Cc1cccc(NCCSc2nnnn2C)c1. The van der Waals surface area contributed by atoms with E-state index in [-0.39, 0.29) is 0 Å². The zero-order valence-corrected chi connectivity index (χ0v) is 10.7. The molecule has 1 N–H and O–H groups in total. The molecule has 0 amide bonds. The molecule has 0 unspecified atom stereocenters. The first kappa shape index (κ1) is 11.9. The van der Waals surface area contributed by atoms with Crippen molar-refractivity contribution in [2.75, 3.05) is 17.6 Å². The van der Waals surface area contributed by atoms with Gasteiger partial charge >= 0.3 is 0 Å². The summed E-state index contributed by atoms with van der Waals surface area (Å²) in [5, 5.41) is 15.5. The van der Waals surface area contributed by atoms with Crippen LogP contribution in [0.3, 0.4) is 0 Å². The average molecular weight is 249 g/mol. The van der Waals surface area contributed by atoms with Crippen LogP contribution in [0.4, 0.5) is 5.69 Å². The van der Waals surface area contributed by atoms with Crippen LogP contribution in [-0.4, -0.2) is 32.5 Å². The fraction of sp³-hybridized carbons (Fsp3) is 0.364. The van der Waals surface area contributed by atoms with Gasteiger partial charge in [-0.3, -0.25) is 0 Å². The van der Waals surface area contributed by atoms with Gasteiger partial charge in [-0.15, -0.1) is 5.10 Å². The molecule has 0 fully saturated rings. The Bertz CT molecular complexity index is 482. The predicted molar refractivity (Wildman–Crippen MR) is 69.2 cm³/mol. The number of nitrogens with zero attached hydrogens (tertiary/aromatic N) is 4. The van der Waals surface area contributed by atoms with E-state index in [9.17, 15) is 0 Å². The average Bonchev–Trinajstić information content (AvgIpc) is 2.71. The topological polar surface area (TPSA) is 55.6 Å². The zero-order valence-electron chi connectivity index (χ0n) is 9.92.